The second-order valence-electron chi connectivity index (χ2n) is 7.41. The van der Waals surface area contributed by atoms with Gasteiger partial charge in [0, 0.05) is 17.0 Å². The number of thiazole rings is 1. The maximum Gasteiger partial charge on any atom is 0.271 e. The van der Waals surface area contributed by atoms with Crippen LogP contribution in [0.1, 0.15) is 36.4 Å². The summed E-state index contributed by atoms with van der Waals surface area (Å²) in [5.41, 5.74) is 2.64. The molecule has 0 fully saturated rings. The zero-order valence-electron chi connectivity index (χ0n) is 16.1. The number of ketones is 1. The van der Waals surface area contributed by atoms with Crippen molar-refractivity contribution >= 4 is 58.0 Å². The molecule has 1 aliphatic carbocycles. The van der Waals surface area contributed by atoms with Gasteiger partial charge in [0.05, 0.1) is 26.3 Å². The number of nitrogens with zero attached hydrogens (tertiary/aromatic N) is 2. The van der Waals surface area contributed by atoms with E-state index in [1.165, 1.54) is 11.3 Å². The van der Waals surface area contributed by atoms with Crippen molar-refractivity contribution in [2.45, 2.75) is 25.3 Å². The third-order valence-electron chi connectivity index (χ3n) is 5.48. The van der Waals surface area contributed by atoms with Crippen molar-refractivity contribution in [3.05, 3.63) is 99.6 Å². The number of allylic oxidation sites excluding steroid dienone is 2. The van der Waals surface area contributed by atoms with Crippen molar-refractivity contribution in [1.29, 1.82) is 0 Å². The fraction of sp³-hybridized carbons (Fsp3) is 0.174. The lowest BCUT2D eigenvalue weighted by Crippen LogP contribution is -2.40. The van der Waals surface area contributed by atoms with Gasteiger partial charge in [-0.1, -0.05) is 70.4 Å². The summed E-state index contributed by atoms with van der Waals surface area (Å²) in [4.78, 5) is 31.7. The Bertz CT molecular complexity index is 1430. The molecule has 2 aliphatic rings. The minimum absolute atomic E-state index is 0.0390. The lowest BCUT2D eigenvalue weighted by molar-refractivity contribution is -0.116. The van der Waals surface area contributed by atoms with Crippen molar-refractivity contribution in [3.63, 3.8) is 0 Å². The molecule has 0 amide bonds. The van der Waals surface area contributed by atoms with Gasteiger partial charge in [0.15, 0.2) is 10.6 Å². The molecule has 4 nitrogen and oxygen atoms in total. The van der Waals surface area contributed by atoms with E-state index in [-0.39, 0.29) is 11.3 Å². The van der Waals surface area contributed by atoms with Crippen LogP contribution >= 0.6 is 46.1 Å². The lowest BCUT2D eigenvalue weighted by atomic mass is 9.86. The van der Waals surface area contributed by atoms with Crippen molar-refractivity contribution in [2.75, 3.05) is 0 Å². The maximum atomic E-state index is 13.5. The quantitative estimate of drug-likeness (QED) is 0.513. The van der Waals surface area contributed by atoms with E-state index in [1.54, 1.807) is 41.0 Å². The summed E-state index contributed by atoms with van der Waals surface area (Å²) >= 11 is 19.8. The highest BCUT2D eigenvalue weighted by atomic mass is 35.5. The van der Waals surface area contributed by atoms with E-state index >= 15 is 0 Å². The molecule has 0 spiro atoms. The molecule has 156 valence electrons. The molecule has 31 heavy (non-hydrogen) atoms. The van der Waals surface area contributed by atoms with Gasteiger partial charge in [0.25, 0.3) is 5.56 Å². The van der Waals surface area contributed by atoms with Crippen LogP contribution in [-0.4, -0.2) is 10.4 Å². The summed E-state index contributed by atoms with van der Waals surface area (Å²) in [5.74, 6) is 0.0390. The smallest absolute Gasteiger partial charge is 0.271 e. The van der Waals surface area contributed by atoms with Gasteiger partial charge in [-0.05, 0) is 48.2 Å². The zero-order chi connectivity index (χ0) is 21.7. The average Bonchev–Trinajstić information content (AvgIpc) is 3.06. The zero-order valence-corrected chi connectivity index (χ0v) is 19.2. The second kappa shape index (κ2) is 8.06. The first-order chi connectivity index (χ1) is 14.9. The molecule has 0 N–H and O–H groups in total. The molecule has 0 radical (unpaired) electrons. The number of rotatable bonds is 2. The number of hydrogen-bond donors (Lipinski definition) is 0. The van der Waals surface area contributed by atoms with Gasteiger partial charge in [-0.2, -0.15) is 0 Å². The Kier molecular flexibility index (Phi) is 5.39. The van der Waals surface area contributed by atoms with Crippen LogP contribution in [0.4, 0.5) is 0 Å². The van der Waals surface area contributed by atoms with Crippen LogP contribution in [0.2, 0.25) is 15.1 Å². The van der Waals surface area contributed by atoms with E-state index in [2.05, 4.69) is 0 Å². The van der Waals surface area contributed by atoms with Crippen LogP contribution in [0.5, 0.6) is 0 Å². The van der Waals surface area contributed by atoms with Gasteiger partial charge in [-0.25, -0.2) is 4.99 Å². The number of benzene rings is 2. The normalized spacial score (nSPS) is 18.6. The Balaban J connectivity index is 1.77. The number of halogens is 3. The molecule has 5 rings (SSSR count). The summed E-state index contributed by atoms with van der Waals surface area (Å²) in [6.07, 6.45) is 3.67. The fourth-order valence-corrected chi connectivity index (χ4v) is 5.54. The Hall–Kier alpha value is -2.18. The topological polar surface area (TPSA) is 51.4 Å². The molecule has 2 heterocycles. The van der Waals surface area contributed by atoms with Crippen LogP contribution in [0.3, 0.4) is 0 Å². The van der Waals surface area contributed by atoms with Crippen molar-refractivity contribution < 1.29 is 4.79 Å². The molecule has 1 aromatic heterocycles. The van der Waals surface area contributed by atoms with Crippen LogP contribution in [0.15, 0.2) is 63.5 Å². The highest BCUT2D eigenvalue weighted by Crippen LogP contribution is 2.36. The van der Waals surface area contributed by atoms with Gasteiger partial charge >= 0.3 is 0 Å². The number of hydrogen-bond acceptors (Lipinski definition) is 4. The number of carbonyl (C=O) groups excluding carboxylic acids is 1. The number of Topliss-reactive ketones (excluding diaryl/α,β-unsaturated/α-hetero) is 1. The van der Waals surface area contributed by atoms with Gasteiger partial charge in [-0.3, -0.25) is 14.2 Å². The Morgan fingerprint density at radius 3 is 2.58 bits per heavy atom. The van der Waals surface area contributed by atoms with Crippen LogP contribution < -0.4 is 14.9 Å². The third kappa shape index (κ3) is 3.60. The van der Waals surface area contributed by atoms with Crippen molar-refractivity contribution in [1.82, 2.24) is 4.57 Å². The van der Waals surface area contributed by atoms with E-state index in [1.807, 2.05) is 12.1 Å². The van der Waals surface area contributed by atoms with E-state index in [0.717, 1.165) is 24.1 Å². The first-order valence-corrected chi connectivity index (χ1v) is 11.7. The molecule has 1 atom stereocenters. The number of carbonyl (C=O) groups is 1. The molecule has 2 aromatic carbocycles. The molecular formula is C23H15Cl3N2O2S. The van der Waals surface area contributed by atoms with Crippen LogP contribution in [0, 0.1) is 0 Å². The van der Waals surface area contributed by atoms with Crippen molar-refractivity contribution in [2.24, 2.45) is 4.99 Å². The van der Waals surface area contributed by atoms with E-state index in [4.69, 9.17) is 39.8 Å². The van der Waals surface area contributed by atoms with Gasteiger partial charge in [0.1, 0.15) is 0 Å². The SMILES string of the molecule is O=C1CCCC2=C1C(c1ccc(Cl)cc1)n1c(sc(=Cc3cccc(Cl)c3Cl)c1=O)=N2. The fourth-order valence-electron chi connectivity index (χ4n) is 4.04. The number of fused-ring (bicyclic) bond motifs is 1. The monoisotopic (exact) mass is 488 g/mol. The maximum absolute atomic E-state index is 13.5. The minimum Gasteiger partial charge on any atom is -0.294 e. The van der Waals surface area contributed by atoms with Crippen molar-refractivity contribution in [3.8, 4) is 0 Å². The lowest BCUT2D eigenvalue weighted by Gasteiger charge is -2.28. The Morgan fingerprint density at radius 2 is 1.81 bits per heavy atom. The molecule has 8 heteroatoms. The highest BCUT2D eigenvalue weighted by molar-refractivity contribution is 7.07. The molecule has 1 aliphatic heterocycles. The largest absolute Gasteiger partial charge is 0.294 e. The molecule has 0 saturated heterocycles. The highest BCUT2D eigenvalue weighted by Gasteiger charge is 2.34. The predicted molar refractivity (Wildman–Crippen MR) is 125 cm³/mol. The number of aromatic nitrogens is 1. The first kappa shape index (κ1) is 20.7. The predicted octanol–water partition coefficient (Wildman–Crippen LogP) is 4.93. The molecule has 3 aromatic rings. The van der Waals surface area contributed by atoms with Gasteiger partial charge in [0.2, 0.25) is 0 Å². The molecule has 0 saturated carbocycles. The third-order valence-corrected chi connectivity index (χ3v) is 7.55. The van der Waals surface area contributed by atoms with E-state index < -0.39 is 6.04 Å². The summed E-state index contributed by atoms with van der Waals surface area (Å²) < 4.78 is 2.09. The first-order valence-electron chi connectivity index (χ1n) is 9.71. The van der Waals surface area contributed by atoms with Crippen LogP contribution in [-0.2, 0) is 4.79 Å². The summed E-state index contributed by atoms with van der Waals surface area (Å²) in [6.45, 7) is 0. The standard InChI is InChI=1S/C23H15Cl3N2O2S/c24-14-9-7-12(8-10-14)21-19-16(5-2-6-17(19)29)27-23-28(21)22(30)18(31-23)11-13-3-1-4-15(25)20(13)26/h1,3-4,7-11,21H,2,5-6H2. The summed E-state index contributed by atoms with van der Waals surface area (Å²) in [7, 11) is 0. The average molecular weight is 490 g/mol. The molecule has 1 unspecified atom stereocenters. The van der Waals surface area contributed by atoms with Gasteiger partial charge < -0.3 is 0 Å². The van der Waals surface area contributed by atoms with E-state index in [9.17, 15) is 9.59 Å². The summed E-state index contributed by atoms with van der Waals surface area (Å²) in [6, 6.07) is 12.0. The summed E-state index contributed by atoms with van der Waals surface area (Å²) in [5, 5.41) is 1.40. The van der Waals surface area contributed by atoms with Gasteiger partial charge in [-0.15, -0.1) is 0 Å². The molecule has 0 bridgehead atoms. The Morgan fingerprint density at radius 1 is 1.03 bits per heavy atom. The second-order valence-corrected chi connectivity index (χ2v) is 9.65. The Labute approximate surface area is 196 Å². The molecular weight excluding hydrogens is 475 g/mol. The van der Waals surface area contributed by atoms with Crippen LogP contribution in [0.25, 0.3) is 6.08 Å². The minimum atomic E-state index is -0.520. The van der Waals surface area contributed by atoms with E-state index in [0.29, 0.717) is 42.0 Å².